The summed E-state index contributed by atoms with van der Waals surface area (Å²) in [4.78, 5) is 13.9. The van der Waals surface area contributed by atoms with Gasteiger partial charge in [0.15, 0.2) is 0 Å². The number of benzene rings is 2. The Kier molecular flexibility index (Phi) is 4.78. The fraction of sp³-hybridized carbons (Fsp3) is 0.278. The zero-order valence-electron chi connectivity index (χ0n) is 13.2. The van der Waals surface area contributed by atoms with E-state index in [0.29, 0.717) is 11.1 Å². The molecule has 5 heteroatoms. The van der Waals surface area contributed by atoms with E-state index in [2.05, 4.69) is 0 Å². The van der Waals surface area contributed by atoms with Crippen molar-refractivity contribution in [2.24, 2.45) is 0 Å². The number of amides is 1. The van der Waals surface area contributed by atoms with Crippen LogP contribution in [0.5, 0.6) is 0 Å². The molecule has 0 fully saturated rings. The van der Waals surface area contributed by atoms with Crippen molar-refractivity contribution in [1.29, 1.82) is 0 Å². The van der Waals surface area contributed by atoms with Gasteiger partial charge in [0.25, 0.3) is 5.91 Å². The Morgan fingerprint density at radius 3 is 2.13 bits per heavy atom. The number of nitrogens with zero attached hydrogens (tertiary/aromatic N) is 1. The standard InChI is InChI=1S/C18H18F3NO/c1-12-4-7-15(10-13(12)2)17(23)22(3)11-14-5-8-16(9-6-14)18(19,20)21/h4-10H,11H2,1-3H3. The van der Waals surface area contributed by atoms with Crippen molar-refractivity contribution in [2.45, 2.75) is 26.6 Å². The van der Waals surface area contributed by atoms with Gasteiger partial charge in [-0.1, -0.05) is 18.2 Å². The number of alkyl halides is 3. The molecule has 2 nitrogen and oxygen atoms in total. The molecule has 2 aromatic rings. The summed E-state index contributed by atoms with van der Waals surface area (Å²) in [5.41, 5.74) is 2.66. The molecule has 0 saturated heterocycles. The number of rotatable bonds is 3. The van der Waals surface area contributed by atoms with Gasteiger partial charge in [-0.2, -0.15) is 13.2 Å². The van der Waals surface area contributed by atoms with E-state index in [1.54, 1.807) is 13.1 Å². The summed E-state index contributed by atoms with van der Waals surface area (Å²) >= 11 is 0. The molecule has 0 aliphatic carbocycles. The predicted octanol–water partition coefficient (Wildman–Crippen LogP) is 4.59. The lowest BCUT2D eigenvalue weighted by atomic mass is 10.1. The average molecular weight is 321 g/mol. The average Bonchev–Trinajstić information content (AvgIpc) is 2.49. The van der Waals surface area contributed by atoms with Gasteiger partial charge in [0.05, 0.1) is 5.56 Å². The third-order valence-corrected chi connectivity index (χ3v) is 3.80. The van der Waals surface area contributed by atoms with Gasteiger partial charge in [-0.25, -0.2) is 0 Å². The maximum absolute atomic E-state index is 12.5. The van der Waals surface area contributed by atoms with Crippen LogP contribution in [0.1, 0.15) is 32.6 Å². The van der Waals surface area contributed by atoms with Crippen LogP contribution in [-0.4, -0.2) is 17.9 Å². The van der Waals surface area contributed by atoms with Gasteiger partial charge in [0.1, 0.15) is 0 Å². The molecule has 0 unspecified atom stereocenters. The third kappa shape index (κ3) is 4.12. The molecular formula is C18H18F3NO. The van der Waals surface area contributed by atoms with E-state index >= 15 is 0 Å². The van der Waals surface area contributed by atoms with Gasteiger partial charge >= 0.3 is 6.18 Å². The molecule has 0 radical (unpaired) electrons. The monoisotopic (exact) mass is 321 g/mol. The summed E-state index contributed by atoms with van der Waals surface area (Å²) in [6.45, 7) is 4.15. The summed E-state index contributed by atoms with van der Waals surface area (Å²) in [6, 6.07) is 10.3. The maximum Gasteiger partial charge on any atom is 0.416 e. The quantitative estimate of drug-likeness (QED) is 0.809. The van der Waals surface area contributed by atoms with Crippen molar-refractivity contribution >= 4 is 5.91 Å². The number of halogens is 3. The van der Waals surface area contributed by atoms with Crippen molar-refractivity contribution in [2.75, 3.05) is 7.05 Å². The molecule has 0 heterocycles. The first kappa shape index (κ1) is 17.1. The molecule has 122 valence electrons. The summed E-state index contributed by atoms with van der Waals surface area (Å²) in [7, 11) is 1.63. The molecule has 23 heavy (non-hydrogen) atoms. The second-order valence-electron chi connectivity index (χ2n) is 5.65. The van der Waals surface area contributed by atoms with Crippen molar-refractivity contribution in [3.8, 4) is 0 Å². The highest BCUT2D eigenvalue weighted by Gasteiger charge is 2.30. The number of hydrogen-bond acceptors (Lipinski definition) is 1. The van der Waals surface area contributed by atoms with E-state index in [1.807, 2.05) is 26.0 Å². The Hall–Kier alpha value is -2.30. The second kappa shape index (κ2) is 6.44. The molecule has 0 N–H and O–H groups in total. The molecule has 0 aliphatic heterocycles. The maximum atomic E-state index is 12.5. The minimum Gasteiger partial charge on any atom is -0.337 e. The fourth-order valence-corrected chi connectivity index (χ4v) is 2.24. The van der Waals surface area contributed by atoms with Crippen LogP contribution in [-0.2, 0) is 12.7 Å². The second-order valence-corrected chi connectivity index (χ2v) is 5.65. The van der Waals surface area contributed by atoms with Crippen molar-refractivity contribution in [1.82, 2.24) is 4.90 Å². The summed E-state index contributed by atoms with van der Waals surface area (Å²) in [5.74, 6) is -0.159. The summed E-state index contributed by atoms with van der Waals surface area (Å²) in [6.07, 6.45) is -4.35. The summed E-state index contributed by atoms with van der Waals surface area (Å²) in [5, 5.41) is 0. The minimum absolute atomic E-state index is 0.159. The number of carbonyl (C=O) groups is 1. The van der Waals surface area contributed by atoms with Gasteiger partial charge in [0.2, 0.25) is 0 Å². The molecule has 0 aliphatic rings. The van der Waals surface area contributed by atoms with E-state index in [4.69, 9.17) is 0 Å². The van der Waals surface area contributed by atoms with Crippen LogP contribution < -0.4 is 0 Å². The lowest BCUT2D eigenvalue weighted by molar-refractivity contribution is -0.137. The van der Waals surface area contributed by atoms with Gasteiger partial charge in [-0.3, -0.25) is 4.79 Å². The largest absolute Gasteiger partial charge is 0.416 e. The van der Waals surface area contributed by atoms with Crippen LogP contribution in [0.2, 0.25) is 0 Å². The first-order valence-electron chi connectivity index (χ1n) is 7.17. The summed E-state index contributed by atoms with van der Waals surface area (Å²) < 4.78 is 37.6. The molecule has 0 bridgehead atoms. The highest BCUT2D eigenvalue weighted by Crippen LogP contribution is 2.29. The van der Waals surface area contributed by atoms with Crippen molar-refractivity contribution in [3.05, 3.63) is 70.3 Å². The lowest BCUT2D eigenvalue weighted by Gasteiger charge is -2.18. The van der Waals surface area contributed by atoms with E-state index in [9.17, 15) is 18.0 Å². The fourth-order valence-electron chi connectivity index (χ4n) is 2.24. The van der Waals surface area contributed by atoms with E-state index in [1.165, 1.54) is 17.0 Å². The number of hydrogen-bond donors (Lipinski definition) is 0. The van der Waals surface area contributed by atoms with Crippen LogP contribution in [0.25, 0.3) is 0 Å². The van der Waals surface area contributed by atoms with E-state index in [-0.39, 0.29) is 12.5 Å². The number of carbonyl (C=O) groups excluding carboxylic acids is 1. The van der Waals surface area contributed by atoms with Crippen molar-refractivity contribution in [3.63, 3.8) is 0 Å². The van der Waals surface area contributed by atoms with Crippen molar-refractivity contribution < 1.29 is 18.0 Å². The Bertz CT molecular complexity index is 705. The van der Waals surface area contributed by atoms with Crippen LogP contribution in [0.3, 0.4) is 0 Å². The van der Waals surface area contributed by atoms with Crippen LogP contribution in [0.4, 0.5) is 13.2 Å². The van der Waals surface area contributed by atoms with Gasteiger partial charge < -0.3 is 4.90 Å². The van der Waals surface area contributed by atoms with Gasteiger partial charge in [-0.05, 0) is 54.8 Å². The molecule has 0 atom stereocenters. The Morgan fingerprint density at radius 2 is 1.61 bits per heavy atom. The zero-order valence-corrected chi connectivity index (χ0v) is 13.2. The normalized spacial score (nSPS) is 11.4. The Labute approximate surface area is 133 Å². The minimum atomic E-state index is -4.35. The first-order chi connectivity index (χ1) is 10.7. The molecule has 0 saturated carbocycles. The Morgan fingerprint density at radius 1 is 1.00 bits per heavy atom. The topological polar surface area (TPSA) is 20.3 Å². The molecule has 1 amide bonds. The van der Waals surface area contributed by atoms with Gasteiger partial charge in [0, 0.05) is 19.2 Å². The number of aryl methyl sites for hydroxylation is 2. The molecular weight excluding hydrogens is 303 g/mol. The smallest absolute Gasteiger partial charge is 0.337 e. The lowest BCUT2D eigenvalue weighted by Crippen LogP contribution is -2.26. The van der Waals surface area contributed by atoms with Crippen LogP contribution in [0, 0.1) is 13.8 Å². The van der Waals surface area contributed by atoms with Gasteiger partial charge in [-0.15, -0.1) is 0 Å². The Balaban J connectivity index is 2.10. The third-order valence-electron chi connectivity index (χ3n) is 3.80. The van der Waals surface area contributed by atoms with Crippen LogP contribution in [0.15, 0.2) is 42.5 Å². The van der Waals surface area contributed by atoms with E-state index in [0.717, 1.165) is 23.3 Å². The van der Waals surface area contributed by atoms with E-state index < -0.39 is 11.7 Å². The SMILES string of the molecule is Cc1ccc(C(=O)N(C)Cc2ccc(C(F)(F)F)cc2)cc1C. The van der Waals surface area contributed by atoms with Crippen LogP contribution >= 0.6 is 0 Å². The molecule has 0 spiro atoms. The molecule has 2 aromatic carbocycles. The molecule has 0 aromatic heterocycles. The first-order valence-corrected chi connectivity index (χ1v) is 7.17. The highest BCUT2D eigenvalue weighted by molar-refractivity contribution is 5.94. The zero-order chi connectivity index (χ0) is 17.2. The highest BCUT2D eigenvalue weighted by atomic mass is 19.4. The predicted molar refractivity (Wildman–Crippen MR) is 83.2 cm³/mol. The molecule has 2 rings (SSSR count).